The van der Waals surface area contributed by atoms with Crippen molar-refractivity contribution in [2.45, 2.75) is 19.0 Å². The molecule has 2 aromatic carbocycles. The molecule has 0 aromatic heterocycles. The lowest BCUT2D eigenvalue weighted by molar-refractivity contribution is -0.123. The zero-order valence-electron chi connectivity index (χ0n) is 16.8. The molecular formula is C19H20B2F3N3O5. The summed E-state index contributed by atoms with van der Waals surface area (Å²) in [4.78, 5) is 25.9. The summed E-state index contributed by atoms with van der Waals surface area (Å²) in [5.41, 5.74) is 5.29. The highest BCUT2D eigenvalue weighted by atomic mass is 19.2. The quantitative estimate of drug-likeness (QED) is 0.211. The number of aliphatic hydroxyl groups is 1. The zero-order valence-corrected chi connectivity index (χ0v) is 16.8. The highest BCUT2D eigenvalue weighted by Crippen LogP contribution is 2.14. The van der Waals surface area contributed by atoms with Crippen LogP contribution in [-0.4, -0.2) is 66.2 Å². The molecule has 8 nitrogen and oxygen atoms in total. The van der Waals surface area contributed by atoms with Crippen LogP contribution in [0.3, 0.4) is 0 Å². The third-order valence-electron chi connectivity index (χ3n) is 4.53. The van der Waals surface area contributed by atoms with E-state index >= 15 is 0 Å². The van der Waals surface area contributed by atoms with Gasteiger partial charge < -0.3 is 31.1 Å². The first-order chi connectivity index (χ1) is 15.2. The minimum atomic E-state index is -1.27. The number of carbonyl (C=O) groups is 2. The van der Waals surface area contributed by atoms with Crippen molar-refractivity contribution in [1.82, 2.24) is 10.2 Å². The number of amides is 2. The van der Waals surface area contributed by atoms with Gasteiger partial charge in [0.25, 0.3) is 5.91 Å². The predicted molar refractivity (Wildman–Crippen MR) is 111 cm³/mol. The number of aliphatic hydroxyl groups excluding tert-OH is 1. The second kappa shape index (κ2) is 11.7. The van der Waals surface area contributed by atoms with Crippen LogP contribution >= 0.6 is 0 Å². The number of halogens is 3. The van der Waals surface area contributed by atoms with Gasteiger partial charge in [-0.25, -0.2) is 13.2 Å². The molecule has 168 valence electrons. The zero-order chi connectivity index (χ0) is 23.8. The summed E-state index contributed by atoms with van der Waals surface area (Å²) in [7, 11) is 0.983. The van der Waals surface area contributed by atoms with Crippen molar-refractivity contribution in [3.63, 3.8) is 0 Å². The van der Waals surface area contributed by atoms with Crippen molar-refractivity contribution in [2.75, 3.05) is 13.3 Å². The lowest BCUT2D eigenvalue weighted by Gasteiger charge is -2.25. The van der Waals surface area contributed by atoms with Crippen molar-refractivity contribution in [3.05, 3.63) is 58.9 Å². The third kappa shape index (κ3) is 6.57. The van der Waals surface area contributed by atoms with Gasteiger partial charge in [-0.2, -0.15) is 0 Å². The molecule has 2 aromatic rings. The molecule has 0 saturated heterocycles. The van der Waals surface area contributed by atoms with Gasteiger partial charge in [0, 0.05) is 18.7 Å². The van der Waals surface area contributed by atoms with Crippen LogP contribution in [0, 0.1) is 17.5 Å². The number of nitrogens with zero attached hydrogens (tertiary/aromatic N) is 1. The summed E-state index contributed by atoms with van der Waals surface area (Å²) < 4.78 is 41.4. The Bertz CT molecular complexity index is 983. The lowest BCUT2D eigenvalue weighted by Crippen LogP contribution is -2.44. The van der Waals surface area contributed by atoms with E-state index in [0.29, 0.717) is 15.0 Å². The Labute approximate surface area is 183 Å². The fourth-order valence-corrected chi connectivity index (χ4v) is 2.95. The summed E-state index contributed by atoms with van der Waals surface area (Å²) in [6.45, 7) is -1.07. The molecular weight excluding hydrogens is 429 g/mol. The summed E-state index contributed by atoms with van der Waals surface area (Å²) >= 11 is 0. The van der Waals surface area contributed by atoms with E-state index in [-0.39, 0.29) is 36.1 Å². The molecule has 2 rings (SSSR count). The van der Waals surface area contributed by atoms with Crippen molar-refractivity contribution >= 4 is 37.7 Å². The van der Waals surface area contributed by atoms with Crippen LogP contribution in [0.4, 0.5) is 13.2 Å². The van der Waals surface area contributed by atoms with E-state index < -0.39 is 47.5 Å². The predicted octanol–water partition coefficient (Wildman–Crippen LogP) is -2.00. The third-order valence-corrected chi connectivity index (χ3v) is 4.53. The maximum Gasteiger partial charge on any atom is 0.329 e. The van der Waals surface area contributed by atoms with Gasteiger partial charge in [-0.15, -0.1) is 0 Å². The van der Waals surface area contributed by atoms with Crippen LogP contribution in [0.2, 0.25) is 0 Å². The van der Waals surface area contributed by atoms with Gasteiger partial charge in [-0.05, 0) is 35.6 Å². The number of rotatable bonds is 10. The monoisotopic (exact) mass is 449 g/mol. The molecule has 0 unspecified atom stereocenters. The molecule has 0 aliphatic carbocycles. The topological polar surface area (TPSA) is 136 Å². The number of benzene rings is 2. The first-order valence-electron chi connectivity index (χ1n) is 9.37. The lowest BCUT2D eigenvalue weighted by atomic mass is 9.86. The van der Waals surface area contributed by atoms with Gasteiger partial charge in [-0.3, -0.25) is 9.59 Å². The Balaban J connectivity index is 2.34. The molecule has 0 fully saturated rings. The van der Waals surface area contributed by atoms with Gasteiger partial charge in [0.15, 0.2) is 11.6 Å². The van der Waals surface area contributed by atoms with Crippen molar-refractivity contribution < 1.29 is 37.9 Å². The number of hydrogen-bond acceptors (Lipinski definition) is 6. The van der Waals surface area contributed by atoms with Gasteiger partial charge in [0.2, 0.25) is 5.91 Å². The fourth-order valence-electron chi connectivity index (χ4n) is 2.95. The Morgan fingerprint density at radius 2 is 1.81 bits per heavy atom. The van der Waals surface area contributed by atoms with Crippen molar-refractivity contribution in [1.29, 1.82) is 0 Å². The highest BCUT2D eigenvalue weighted by Gasteiger charge is 2.22. The van der Waals surface area contributed by atoms with Gasteiger partial charge in [0.05, 0.1) is 6.04 Å². The van der Waals surface area contributed by atoms with Crippen LogP contribution in [0.15, 0.2) is 30.3 Å². The normalized spacial score (nSPS) is 11.6. The summed E-state index contributed by atoms with van der Waals surface area (Å²) in [5.74, 6) is -4.73. The molecule has 6 N–H and O–H groups in total. The smallest absolute Gasteiger partial charge is 0.329 e. The summed E-state index contributed by atoms with van der Waals surface area (Å²) in [6.07, 6.45) is -0.0749. The molecule has 0 bridgehead atoms. The number of carbonyl (C=O) groups excluding carboxylic acids is 2. The molecule has 2 amide bonds. The van der Waals surface area contributed by atoms with Crippen LogP contribution in [0.5, 0.6) is 0 Å². The van der Waals surface area contributed by atoms with Gasteiger partial charge >= 0.3 is 15.0 Å². The molecule has 0 saturated carbocycles. The van der Waals surface area contributed by atoms with Crippen LogP contribution in [0.1, 0.15) is 22.3 Å². The second-order valence-corrected chi connectivity index (χ2v) is 6.83. The molecule has 0 spiro atoms. The molecule has 0 aliphatic heterocycles. The van der Waals surface area contributed by atoms with E-state index in [1.165, 1.54) is 6.07 Å². The average Bonchev–Trinajstić information content (AvgIpc) is 2.77. The maximum atomic E-state index is 13.9. The standard InChI is InChI=1S/C19H20B2F3N3O5/c22-13-6-11(5-12(7-13)20-31)19(30)27(2-1-16(25)18(29)26-9-28)8-10-3-14(21-32)17(24)15(23)4-10/h3-7,16,28,31-32H,1-2,8-9,25H2,(H,26,29)/t16-/m0/s1. The minimum absolute atomic E-state index is 0.0253. The average molecular weight is 449 g/mol. The van der Waals surface area contributed by atoms with Crippen molar-refractivity contribution in [3.8, 4) is 0 Å². The Kier molecular flexibility index (Phi) is 9.27. The SMILES string of the molecule is N[C@@H](CCN(Cc1cc(F)c(F)c([B]O)c1)C(=O)c1cc(F)cc([B]O)c1)C(=O)NCO. The van der Waals surface area contributed by atoms with E-state index in [1.54, 1.807) is 0 Å². The molecule has 32 heavy (non-hydrogen) atoms. The second-order valence-electron chi connectivity index (χ2n) is 6.83. The molecule has 1 atom stereocenters. The number of nitrogens with two attached hydrogens (primary N) is 1. The molecule has 0 heterocycles. The first kappa shape index (κ1) is 25.4. The fraction of sp³-hybridized carbons (Fsp3) is 0.263. The van der Waals surface area contributed by atoms with E-state index in [1.807, 2.05) is 0 Å². The van der Waals surface area contributed by atoms with Crippen LogP contribution in [-0.2, 0) is 11.3 Å². The first-order valence-corrected chi connectivity index (χ1v) is 9.37. The maximum absolute atomic E-state index is 13.9. The summed E-state index contributed by atoms with van der Waals surface area (Å²) in [6, 6.07) is 4.00. The Morgan fingerprint density at radius 3 is 2.44 bits per heavy atom. The number of nitrogens with one attached hydrogen (secondary N) is 1. The number of hydrogen-bond donors (Lipinski definition) is 5. The summed E-state index contributed by atoms with van der Waals surface area (Å²) in [5, 5.41) is 29.1. The minimum Gasteiger partial charge on any atom is -0.450 e. The van der Waals surface area contributed by atoms with Crippen molar-refractivity contribution in [2.24, 2.45) is 5.73 Å². The Morgan fingerprint density at radius 1 is 1.09 bits per heavy atom. The van der Waals surface area contributed by atoms with Crippen LogP contribution in [0.25, 0.3) is 0 Å². The van der Waals surface area contributed by atoms with E-state index in [9.17, 15) is 22.8 Å². The highest BCUT2D eigenvalue weighted by molar-refractivity contribution is 6.46. The van der Waals surface area contributed by atoms with E-state index in [4.69, 9.17) is 20.9 Å². The molecule has 2 radical (unpaired) electrons. The largest absolute Gasteiger partial charge is 0.450 e. The molecule has 13 heteroatoms. The van der Waals surface area contributed by atoms with Gasteiger partial charge in [0.1, 0.15) is 12.5 Å². The van der Waals surface area contributed by atoms with Crippen LogP contribution < -0.4 is 22.0 Å². The van der Waals surface area contributed by atoms with E-state index in [2.05, 4.69) is 5.32 Å². The Hall–Kier alpha value is -2.86. The van der Waals surface area contributed by atoms with Gasteiger partial charge in [-0.1, -0.05) is 17.6 Å². The van der Waals surface area contributed by atoms with E-state index in [0.717, 1.165) is 29.2 Å². The molecule has 0 aliphatic rings.